The number of hydrogen-bond donors (Lipinski definition) is 2. The minimum Gasteiger partial charge on any atom is -0.492 e. The number of ether oxygens (including phenoxy) is 2. The van der Waals surface area contributed by atoms with Crippen molar-refractivity contribution in [3.8, 4) is 5.75 Å². The molecular formula is C23H29N3O4. The van der Waals surface area contributed by atoms with Crippen LogP contribution in [0.25, 0.3) is 0 Å². The van der Waals surface area contributed by atoms with Gasteiger partial charge in [0.15, 0.2) is 6.29 Å². The van der Waals surface area contributed by atoms with Gasteiger partial charge in [-0.1, -0.05) is 24.3 Å². The summed E-state index contributed by atoms with van der Waals surface area (Å²) in [7, 11) is 0. The molecule has 0 bridgehead atoms. The van der Waals surface area contributed by atoms with Crippen molar-refractivity contribution in [1.82, 2.24) is 10.8 Å². The first kappa shape index (κ1) is 21.8. The van der Waals surface area contributed by atoms with E-state index in [1.54, 1.807) is 12.3 Å². The summed E-state index contributed by atoms with van der Waals surface area (Å²) in [6.07, 6.45) is 13.3. The van der Waals surface area contributed by atoms with Crippen LogP contribution in [0.15, 0.2) is 71.0 Å². The van der Waals surface area contributed by atoms with E-state index in [1.165, 1.54) is 6.08 Å². The third-order valence-electron chi connectivity index (χ3n) is 4.51. The molecule has 30 heavy (non-hydrogen) atoms. The maximum absolute atomic E-state index is 12.0. The zero-order chi connectivity index (χ0) is 20.9. The SMILES string of the molecule is O=C(/C=C/C1=CCC/C=C(NCCOc2ccccc2)\N=C/1)NOC1CCCCO1. The lowest BCUT2D eigenvalue weighted by Gasteiger charge is -2.21. The average molecular weight is 412 g/mol. The van der Waals surface area contributed by atoms with Crippen molar-refractivity contribution in [2.24, 2.45) is 4.99 Å². The number of nitrogens with zero attached hydrogens (tertiary/aromatic N) is 1. The van der Waals surface area contributed by atoms with Crippen molar-refractivity contribution < 1.29 is 19.1 Å². The second kappa shape index (κ2) is 12.6. The smallest absolute Gasteiger partial charge is 0.267 e. The molecule has 0 saturated carbocycles. The Morgan fingerprint density at radius 2 is 2.07 bits per heavy atom. The summed E-state index contributed by atoms with van der Waals surface area (Å²) >= 11 is 0. The highest BCUT2D eigenvalue weighted by molar-refractivity contribution is 5.90. The van der Waals surface area contributed by atoms with Gasteiger partial charge in [0.1, 0.15) is 18.2 Å². The first-order valence-corrected chi connectivity index (χ1v) is 10.4. The first-order valence-electron chi connectivity index (χ1n) is 10.4. The number of para-hydroxylation sites is 1. The number of aliphatic imine (C=N–C) groups is 1. The summed E-state index contributed by atoms with van der Waals surface area (Å²) in [5, 5.41) is 3.28. The van der Waals surface area contributed by atoms with E-state index >= 15 is 0 Å². The van der Waals surface area contributed by atoms with Gasteiger partial charge >= 0.3 is 0 Å². The number of allylic oxidation sites excluding steroid dienone is 4. The lowest BCUT2D eigenvalue weighted by atomic mass is 10.1. The fourth-order valence-corrected chi connectivity index (χ4v) is 2.95. The van der Waals surface area contributed by atoms with Crippen LogP contribution >= 0.6 is 0 Å². The van der Waals surface area contributed by atoms with Crippen molar-refractivity contribution >= 4 is 12.1 Å². The molecule has 1 unspecified atom stereocenters. The second-order valence-electron chi connectivity index (χ2n) is 6.93. The minimum absolute atomic E-state index is 0.326. The van der Waals surface area contributed by atoms with E-state index in [0.29, 0.717) is 19.8 Å². The molecule has 2 aliphatic rings. The Bertz CT molecular complexity index is 781. The molecule has 160 valence electrons. The van der Waals surface area contributed by atoms with Gasteiger partial charge < -0.3 is 14.8 Å². The lowest BCUT2D eigenvalue weighted by Crippen LogP contribution is -2.32. The van der Waals surface area contributed by atoms with Crippen molar-refractivity contribution in [2.75, 3.05) is 19.8 Å². The van der Waals surface area contributed by atoms with E-state index in [0.717, 1.165) is 49.2 Å². The minimum atomic E-state index is -0.358. The molecule has 0 spiro atoms. The number of hydrogen-bond acceptors (Lipinski definition) is 6. The Labute approximate surface area is 177 Å². The van der Waals surface area contributed by atoms with Gasteiger partial charge in [0.25, 0.3) is 5.91 Å². The lowest BCUT2D eigenvalue weighted by molar-refractivity contribution is -0.198. The highest BCUT2D eigenvalue weighted by Crippen LogP contribution is 2.12. The largest absolute Gasteiger partial charge is 0.492 e. The normalized spacial score (nSPS) is 22.2. The number of hydroxylamine groups is 1. The van der Waals surface area contributed by atoms with Crippen LogP contribution in [0.5, 0.6) is 5.75 Å². The predicted molar refractivity (Wildman–Crippen MR) is 116 cm³/mol. The predicted octanol–water partition coefficient (Wildman–Crippen LogP) is 3.42. The monoisotopic (exact) mass is 411 g/mol. The maximum atomic E-state index is 12.0. The van der Waals surface area contributed by atoms with Crippen molar-refractivity contribution in [3.63, 3.8) is 0 Å². The van der Waals surface area contributed by atoms with Gasteiger partial charge in [-0.25, -0.2) is 15.3 Å². The Balaban J connectivity index is 1.39. The molecule has 7 nitrogen and oxygen atoms in total. The number of carbonyl (C=O) groups is 1. The molecule has 0 aliphatic carbocycles. The van der Waals surface area contributed by atoms with Crippen LogP contribution in [0.3, 0.4) is 0 Å². The Hall–Kier alpha value is -2.90. The molecule has 3 rings (SSSR count). The van der Waals surface area contributed by atoms with Crippen LogP contribution in [0.4, 0.5) is 0 Å². The van der Waals surface area contributed by atoms with Crippen LogP contribution in [-0.4, -0.2) is 38.2 Å². The van der Waals surface area contributed by atoms with Gasteiger partial charge in [-0.15, -0.1) is 0 Å². The molecule has 1 atom stereocenters. The van der Waals surface area contributed by atoms with Crippen LogP contribution in [0.2, 0.25) is 0 Å². The van der Waals surface area contributed by atoms with Crippen LogP contribution in [0, 0.1) is 0 Å². The van der Waals surface area contributed by atoms with Crippen LogP contribution < -0.4 is 15.5 Å². The number of benzene rings is 1. The number of amides is 1. The fourth-order valence-electron chi connectivity index (χ4n) is 2.95. The topological polar surface area (TPSA) is 81.2 Å². The van der Waals surface area contributed by atoms with Crippen LogP contribution in [0.1, 0.15) is 32.1 Å². The molecule has 2 N–H and O–H groups in total. The molecule has 1 aromatic rings. The van der Waals surface area contributed by atoms with Gasteiger partial charge in [0.2, 0.25) is 0 Å². The van der Waals surface area contributed by atoms with Crippen LogP contribution in [-0.2, 0) is 14.4 Å². The molecule has 0 radical (unpaired) electrons. The molecule has 2 aliphatic heterocycles. The van der Waals surface area contributed by atoms with E-state index in [4.69, 9.17) is 14.3 Å². The standard InChI is InChI=1S/C23H29N3O4/c27-22(26-30-23-12-6-7-16-29-23)14-13-19-8-4-5-11-21(25-18-19)24-15-17-28-20-9-2-1-3-10-20/h1-3,8-11,13-14,18,23-24H,4-7,12,15-17H2,(H,26,27)/b14-13+,19-8?,21-11-,25-18-. The summed E-state index contributed by atoms with van der Waals surface area (Å²) in [5.41, 5.74) is 3.28. The molecule has 1 aromatic carbocycles. The molecular weight excluding hydrogens is 382 g/mol. The number of rotatable bonds is 9. The molecule has 7 heteroatoms. The summed E-state index contributed by atoms with van der Waals surface area (Å²) in [6, 6.07) is 9.71. The Kier molecular flexibility index (Phi) is 9.17. The number of carbonyl (C=O) groups excluding carboxylic acids is 1. The number of nitrogens with one attached hydrogen (secondary N) is 2. The molecule has 0 aromatic heterocycles. The summed E-state index contributed by atoms with van der Waals surface area (Å²) in [5.74, 6) is 1.32. The zero-order valence-electron chi connectivity index (χ0n) is 17.1. The van der Waals surface area contributed by atoms with Crippen molar-refractivity contribution in [3.05, 3.63) is 66.0 Å². The summed E-state index contributed by atoms with van der Waals surface area (Å²) in [6.45, 7) is 1.86. The van der Waals surface area contributed by atoms with E-state index in [2.05, 4.69) is 21.9 Å². The Morgan fingerprint density at radius 1 is 1.20 bits per heavy atom. The highest BCUT2D eigenvalue weighted by atomic mass is 16.8. The van der Waals surface area contributed by atoms with Crippen molar-refractivity contribution in [2.45, 2.75) is 38.4 Å². The van der Waals surface area contributed by atoms with Gasteiger partial charge in [0.05, 0.1) is 6.54 Å². The average Bonchev–Trinajstić information content (AvgIpc) is 2.77. The van der Waals surface area contributed by atoms with Gasteiger partial charge in [-0.2, -0.15) is 0 Å². The van der Waals surface area contributed by atoms with E-state index in [9.17, 15) is 4.79 Å². The fraction of sp³-hybridized carbons (Fsp3) is 0.391. The van der Waals surface area contributed by atoms with E-state index < -0.39 is 0 Å². The second-order valence-corrected chi connectivity index (χ2v) is 6.93. The molecule has 1 fully saturated rings. The molecule has 2 heterocycles. The maximum Gasteiger partial charge on any atom is 0.267 e. The summed E-state index contributed by atoms with van der Waals surface area (Å²) in [4.78, 5) is 21.7. The van der Waals surface area contributed by atoms with E-state index in [-0.39, 0.29) is 12.2 Å². The summed E-state index contributed by atoms with van der Waals surface area (Å²) < 4.78 is 11.1. The Morgan fingerprint density at radius 3 is 2.90 bits per heavy atom. The first-order chi connectivity index (χ1) is 14.8. The molecule has 1 saturated heterocycles. The zero-order valence-corrected chi connectivity index (χ0v) is 17.1. The third kappa shape index (κ3) is 8.23. The van der Waals surface area contributed by atoms with Gasteiger partial charge in [0, 0.05) is 25.3 Å². The van der Waals surface area contributed by atoms with Gasteiger partial charge in [-0.05, 0) is 55.5 Å². The third-order valence-corrected chi connectivity index (χ3v) is 4.51. The van der Waals surface area contributed by atoms with E-state index in [1.807, 2.05) is 36.4 Å². The van der Waals surface area contributed by atoms with Crippen molar-refractivity contribution in [1.29, 1.82) is 0 Å². The van der Waals surface area contributed by atoms with Gasteiger partial charge in [-0.3, -0.25) is 4.79 Å². The molecule has 1 amide bonds. The highest BCUT2D eigenvalue weighted by Gasteiger charge is 2.14. The quantitative estimate of drug-likeness (QED) is 0.370.